The van der Waals surface area contributed by atoms with E-state index in [1.54, 1.807) is 0 Å². The zero-order chi connectivity index (χ0) is 13.4. The van der Waals surface area contributed by atoms with Gasteiger partial charge in [-0.2, -0.15) is 0 Å². The maximum Gasteiger partial charge on any atom is 0.313 e. The van der Waals surface area contributed by atoms with Crippen molar-refractivity contribution in [3.63, 3.8) is 0 Å². The second kappa shape index (κ2) is 8.05. The first-order valence-corrected chi connectivity index (χ1v) is 7.38. The predicted octanol–water partition coefficient (Wildman–Crippen LogP) is 2.19. The average molecular weight is 286 g/mol. The van der Waals surface area contributed by atoms with Crippen LogP contribution in [0.4, 0.5) is 0 Å². The summed E-state index contributed by atoms with van der Waals surface area (Å²) in [6, 6.07) is 9.64. The number of carboxylic acids is 2. The number of carbonyl (C=O) groups is 2. The molecule has 0 amide bonds. The maximum atomic E-state index is 10.5. The van der Waals surface area contributed by atoms with Gasteiger partial charge < -0.3 is 10.2 Å². The van der Waals surface area contributed by atoms with Gasteiger partial charge in [0.25, 0.3) is 0 Å². The molecule has 6 heteroatoms. The quantitative estimate of drug-likeness (QED) is 0.714. The number of hydrogen-bond donors (Lipinski definition) is 2. The predicted molar refractivity (Wildman–Crippen MR) is 74.1 cm³/mol. The van der Waals surface area contributed by atoms with Crippen molar-refractivity contribution in [2.75, 3.05) is 11.5 Å². The summed E-state index contributed by atoms with van der Waals surface area (Å²) in [6.07, 6.45) is 0.663. The van der Waals surface area contributed by atoms with Crippen molar-refractivity contribution in [1.29, 1.82) is 0 Å². The highest BCUT2D eigenvalue weighted by atomic mass is 32.2. The lowest BCUT2D eigenvalue weighted by Gasteiger charge is -2.14. The van der Waals surface area contributed by atoms with Crippen LogP contribution < -0.4 is 0 Å². The van der Waals surface area contributed by atoms with Crippen LogP contribution in [-0.2, 0) is 16.0 Å². The Morgan fingerprint density at radius 1 is 1.00 bits per heavy atom. The highest BCUT2D eigenvalue weighted by Crippen LogP contribution is 2.27. The Hall–Kier alpha value is -1.14. The van der Waals surface area contributed by atoms with E-state index in [0.717, 1.165) is 5.56 Å². The molecule has 0 aliphatic carbocycles. The number of benzene rings is 1. The molecule has 0 unspecified atom stereocenters. The number of rotatable bonds is 8. The lowest BCUT2D eigenvalue weighted by Crippen LogP contribution is -2.11. The van der Waals surface area contributed by atoms with Crippen molar-refractivity contribution in [2.45, 2.75) is 11.0 Å². The fourth-order valence-corrected chi connectivity index (χ4v) is 3.37. The Kier molecular flexibility index (Phi) is 6.67. The summed E-state index contributed by atoms with van der Waals surface area (Å²) >= 11 is 2.53. The molecule has 0 spiro atoms. The number of thioether (sulfide) groups is 2. The van der Waals surface area contributed by atoms with Gasteiger partial charge in [0.2, 0.25) is 0 Å². The molecule has 0 radical (unpaired) electrons. The van der Waals surface area contributed by atoms with Crippen LogP contribution in [0.3, 0.4) is 0 Å². The Labute approximate surface area is 114 Å². The van der Waals surface area contributed by atoms with E-state index >= 15 is 0 Å². The first kappa shape index (κ1) is 14.9. The van der Waals surface area contributed by atoms with Crippen LogP contribution in [0.2, 0.25) is 0 Å². The maximum absolute atomic E-state index is 10.5. The molecule has 0 aliphatic rings. The Bertz CT molecular complexity index is 376. The van der Waals surface area contributed by atoms with Gasteiger partial charge in [-0.05, 0) is 12.0 Å². The van der Waals surface area contributed by atoms with Crippen molar-refractivity contribution in [2.24, 2.45) is 0 Å². The largest absolute Gasteiger partial charge is 0.481 e. The zero-order valence-corrected chi connectivity index (χ0v) is 11.2. The molecule has 0 bridgehead atoms. The molecule has 0 saturated heterocycles. The highest BCUT2D eigenvalue weighted by Gasteiger charge is 2.14. The van der Waals surface area contributed by atoms with Gasteiger partial charge in [0, 0.05) is 0 Å². The Balaban J connectivity index is 2.53. The third-order valence-electron chi connectivity index (χ3n) is 2.03. The van der Waals surface area contributed by atoms with Crippen LogP contribution in [-0.4, -0.2) is 38.2 Å². The zero-order valence-electron chi connectivity index (χ0n) is 9.61. The third kappa shape index (κ3) is 6.56. The molecule has 4 nitrogen and oxygen atoms in total. The fraction of sp³-hybridized carbons (Fsp3) is 0.333. The summed E-state index contributed by atoms with van der Waals surface area (Å²) in [5, 5.41) is 17.3. The van der Waals surface area contributed by atoms with E-state index in [1.807, 2.05) is 30.3 Å². The Morgan fingerprint density at radius 3 is 1.94 bits per heavy atom. The van der Waals surface area contributed by atoms with E-state index in [-0.39, 0.29) is 16.1 Å². The molecular formula is C12H14O4S2. The van der Waals surface area contributed by atoms with Gasteiger partial charge in [0.1, 0.15) is 0 Å². The van der Waals surface area contributed by atoms with Crippen molar-refractivity contribution in [3.8, 4) is 0 Å². The third-order valence-corrected chi connectivity index (χ3v) is 4.75. The van der Waals surface area contributed by atoms with Crippen molar-refractivity contribution < 1.29 is 19.8 Å². The molecule has 18 heavy (non-hydrogen) atoms. The van der Waals surface area contributed by atoms with Crippen LogP contribution >= 0.6 is 23.5 Å². The molecule has 0 aliphatic heterocycles. The molecule has 0 saturated carbocycles. The van der Waals surface area contributed by atoms with Crippen LogP contribution in [0, 0.1) is 0 Å². The minimum absolute atomic E-state index is 0.00980. The molecule has 0 atom stereocenters. The van der Waals surface area contributed by atoms with Gasteiger partial charge in [-0.25, -0.2) is 0 Å². The lowest BCUT2D eigenvalue weighted by atomic mass is 10.2. The second-order valence-corrected chi connectivity index (χ2v) is 6.21. The van der Waals surface area contributed by atoms with Gasteiger partial charge in [-0.1, -0.05) is 30.3 Å². The topological polar surface area (TPSA) is 74.6 Å². The van der Waals surface area contributed by atoms with Crippen LogP contribution in [0.5, 0.6) is 0 Å². The minimum atomic E-state index is -0.881. The second-order valence-electron chi connectivity index (χ2n) is 3.53. The van der Waals surface area contributed by atoms with Gasteiger partial charge in [0.15, 0.2) is 0 Å². The monoisotopic (exact) mass is 286 g/mol. The van der Waals surface area contributed by atoms with Crippen molar-refractivity contribution in [1.82, 2.24) is 0 Å². The van der Waals surface area contributed by atoms with E-state index in [0.29, 0.717) is 6.42 Å². The molecular weight excluding hydrogens is 272 g/mol. The molecule has 0 fully saturated rings. The SMILES string of the molecule is O=C(O)CSC(Cc1ccccc1)SCC(=O)O. The Morgan fingerprint density at radius 2 is 1.50 bits per heavy atom. The van der Waals surface area contributed by atoms with Crippen molar-refractivity contribution >= 4 is 35.5 Å². The van der Waals surface area contributed by atoms with Crippen LogP contribution in [0.1, 0.15) is 5.56 Å². The smallest absolute Gasteiger partial charge is 0.313 e. The van der Waals surface area contributed by atoms with Crippen LogP contribution in [0.25, 0.3) is 0 Å². The number of aliphatic carboxylic acids is 2. The molecule has 1 aromatic rings. The average Bonchev–Trinajstić information content (AvgIpc) is 2.33. The minimum Gasteiger partial charge on any atom is -0.481 e. The van der Waals surface area contributed by atoms with Gasteiger partial charge in [0.05, 0.1) is 16.1 Å². The van der Waals surface area contributed by atoms with E-state index in [1.165, 1.54) is 23.5 Å². The molecule has 0 aromatic heterocycles. The van der Waals surface area contributed by atoms with Crippen molar-refractivity contribution in [3.05, 3.63) is 35.9 Å². The van der Waals surface area contributed by atoms with E-state index in [9.17, 15) is 9.59 Å². The van der Waals surface area contributed by atoms with Gasteiger partial charge in [-0.3, -0.25) is 9.59 Å². The number of carboxylic acid groups (broad SMARTS) is 2. The summed E-state index contributed by atoms with van der Waals surface area (Å²) in [5.41, 5.74) is 1.08. The first-order valence-electron chi connectivity index (χ1n) is 5.28. The molecule has 1 aromatic carbocycles. The number of hydrogen-bond acceptors (Lipinski definition) is 4. The van der Waals surface area contributed by atoms with E-state index < -0.39 is 11.9 Å². The van der Waals surface area contributed by atoms with E-state index in [2.05, 4.69) is 0 Å². The van der Waals surface area contributed by atoms with Gasteiger partial charge in [-0.15, -0.1) is 23.5 Å². The van der Waals surface area contributed by atoms with Crippen LogP contribution in [0.15, 0.2) is 30.3 Å². The van der Waals surface area contributed by atoms with Gasteiger partial charge >= 0.3 is 11.9 Å². The summed E-state index contributed by atoms with van der Waals surface area (Å²) in [4.78, 5) is 21.1. The summed E-state index contributed by atoms with van der Waals surface area (Å²) in [5.74, 6) is -1.78. The summed E-state index contributed by atoms with van der Waals surface area (Å²) in [6.45, 7) is 0. The molecule has 1 rings (SSSR count). The molecule has 0 heterocycles. The fourth-order valence-electron chi connectivity index (χ4n) is 1.30. The lowest BCUT2D eigenvalue weighted by molar-refractivity contribution is -0.134. The molecule has 98 valence electrons. The summed E-state index contributed by atoms with van der Waals surface area (Å²) in [7, 11) is 0. The summed E-state index contributed by atoms with van der Waals surface area (Å²) < 4.78 is -0.0559. The first-order chi connectivity index (χ1) is 8.58. The normalized spacial score (nSPS) is 10.5. The van der Waals surface area contributed by atoms with E-state index in [4.69, 9.17) is 10.2 Å². The molecule has 2 N–H and O–H groups in total. The standard InChI is InChI=1S/C12H14O4S2/c13-10(14)7-17-12(18-8-11(15)16)6-9-4-2-1-3-5-9/h1-5,12H,6-8H2,(H,13,14)(H,15,16). The highest BCUT2D eigenvalue weighted by molar-refractivity contribution is 8.17.